The maximum atomic E-state index is 3.80. The summed E-state index contributed by atoms with van der Waals surface area (Å²) in [5.41, 5.74) is 0. The van der Waals surface area contributed by atoms with Crippen molar-refractivity contribution in [2.75, 3.05) is 6.54 Å². The van der Waals surface area contributed by atoms with E-state index < -0.39 is 0 Å². The quantitative estimate of drug-likeness (QED) is 0.769. The topological polar surface area (TPSA) is 12.0 Å². The van der Waals surface area contributed by atoms with E-state index in [-0.39, 0.29) is 0 Å². The summed E-state index contributed by atoms with van der Waals surface area (Å²) >= 11 is 1.98. The lowest BCUT2D eigenvalue weighted by Gasteiger charge is -2.24. The largest absolute Gasteiger partial charge is 0.309 e. The van der Waals surface area contributed by atoms with Crippen molar-refractivity contribution in [3.63, 3.8) is 0 Å². The summed E-state index contributed by atoms with van der Waals surface area (Å²) in [6, 6.07) is 5.22. The molecule has 1 aliphatic carbocycles. The minimum absolute atomic E-state index is 0.611. The van der Waals surface area contributed by atoms with Gasteiger partial charge in [0.2, 0.25) is 0 Å². The molecule has 0 radical (unpaired) electrons. The highest BCUT2D eigenvalue weighted by Gasteiger charge is 2.31. The Morgan fingerprint density at radius 1 is 1.33 bits per heavy atom. The summed E-state index contributed by atoms with van der Waals surface area (Å²) < 4.78 is 0. The lowest BCUT2D eigenvalue weighted by atomic mass is 9.94. The molecule has 0 bridgehead atoms. The van der Waals surface area contributed by atoms with E-state index in [1.165, 1.54) is 37.0 Å². The molecular weight excluding hydrogens is 238 g/mol. The van der Waals surface area contributed by atoms with E-state index in [9.17, 15) is 0 Å². The van der Waals surface area contributed by atoms with Crippen molar-refractivity contribution in [1.82, 2.24) is 5.32 Å². The minimum Gasteiger partial charge on any atom is -0.309 e. The summed E-state index contributed by atoms with van der Waals surface area (Å²) in [7, 11) is 0. The highest BCUT2D eigenvalue weighted by Crippen LogP contribution is 2.41. The molecule has 2 rings (SSSR count). The van der Waals surface area contributed by atoms with Gasteiger partial charge in [0.15, 0.2) is 0 Å². The number of aryl methyl sites for hydroxylation is 1. The van der Waals surface area contributed by atoms with Crippen LogP contribution < -0.4 is 5.32 Å². The number of rotatable bonds is 6. The first-order chi connectivity index (χ1) is 8.74. The summed E-state index contributed by atoms with van der Waals surface area (Å²) in [5, 5.41) is 3.80. The van der Waals surface area contributed by atoms with Crippen LogP contribution in [0.25, 0.3) is 0 Å². The first kappa shape index (κ1) is 14.1. The molecule has 0 aliphatic heterocycles. The summed E-state index contributed by atoms with van der Waals surface area (Å²) in [5.74, 6) is 1.83. The predicted octanol–water partition coefficient (Wildman–Crippen LogP) is 4.92. The number of hydrogen-bond donors (Lipinski definition) is 1. The normalized spacial score (nSPS) is 25.5. The van der Waals surface area contributed by atoms with E-state index in [1.807, 2.05) is 11.3 Å². The van der Waals surface area contributed by atoms with Crippen LogP contribution in [0.4, 0.5) is 0 Å². The van der Waals surface area contributed by atoms with Gasteiger partial charge in [-0.15, -0.1) is 11.3 Å². The number of thiophene rings is 1. The third-order valence-corrected chi connectivity index (χ3v) is 5.40. The molecule has 1 N–H and O–H groups in total. The van der Waals surface area contributed by atoms with Gasteiger partial charge in [-0.05, 0) is 56.7 Å². The highest BCUT2D eigenvalue weighted by molar-refractivity contribution is 7.12. The van der Waals surface area contributed by atoms with Crippen LogP contribution in [0.3, 0.4) is 0 Å². The molecule has 1 aromatic heterocycles. The molecule has 0 spiro atoms. The van der Waals surface area contributed by atoms with Crippen LogP contribution in [-0.4, -0.2) is 6.54 Å². The van der Waals surface area contributed by atoms with Crippen molar-refractivity contribution < 1.29 is 0 Å². The molecule has 1 aromatic rings. The summed E-state index contributed by atoms with van der Waals surface area (Å²) in [4.78, 5) is 3.00. The third-order valence-electron chi connectivity index (χ3n) is 4.31. The zero-order valence-electron chi connectivity index (χ0n) is 12.0. The summed E-state index contributed by atoms with van der Waals surface area (Å²) in [6.07, 6.45) is 6.87. The molecule has 1 heterocycles. The Bertz CT molecular complexity index is 358. The first-order valence-electron chi connectivity index (χ1n) is 7.54. The fraction of sp³-hybridized carbons (Fsp3) is 0.750. The van der Waals surface area contributed by atoms with E-state index in [4.69, 9.17) is 0 Å². The molecular formula is C16H27NS. The summed E-state index contributed by atoms with van der Waals surface area (Å²) in [6.45, 7) is 7.97. The van der Waals surface area contributed by atoms with E-state index in [2.05, 4.69) is 38.2 Å². The zero-order chi connectivity index (χ0) is 13.0. The standard InChI is InChI=1S/C16H27NS/c1-4-10-17-16(15-9-6-12(3)18-15)14-8-7-13(5-2)11-14/h6,9,13-14,16-17H,4-5,7-8,10-11H2,1-3H3. The molecule has 1 fully saturated rings. The zero-order valence-corrected chi connectivity index (χ0v) is 12.9. The third kappa shape index (κ3) is 3.36. The van der Waals surface area contributed by atoms with Crippen LogP contribution in [0.2, 0.25) is 0 Å². The molecule has 102 valence electrons. The molecule has 1 saturated carbocycles. The van der Waals surface area contributed by atoms with E-state index in [0.29, 0.717) is 6.04 Å². The Hall–Kier alpha value is -0.340. The van der Waals surface area contributed by atoms with Crippen molar-refractivity contribution in [2.45, 2.75) is 58.9 Å². The second kappa shape index (κ2) is 6.72. The molecule has 2 heteroatoms. The first-order valence-corrected chi connectivity index (χ1v) is 8.36. The van der Waals surface area contributed by atoms with Gasteiger partial charge in [-0.3, -0.25) is 0 Å². The van der Waals surface area contributed by atoms with Gasteiger partial charge in [0.25, 0.3) is 0 Å². The number of hydrogen-bond acceptors (Lipinski definition) is 2. The monoisotopic (exact) mass is 265 g/mol. The van der Waals surface area contributed by atoms with Gasteiger partial charge in [0, 0.05) is 15.8 Å². The van der Waals surface area contributed by atoms with E-state index in [1.54, 1.807) is 4.88 Å². The maximum Gasteiger partial charge on any atom is 0.0443 e. The Morgan fingerprint density at radius 2 is 2.17 bits per heavy atom. The van der Waals surface area contributed by atoms with Crippen LogP contribution in [0.15, 0.2) is 12.1 Å². The van der Waals surface area contributed by atoms with Crippen LogP contribution in [0.5, 0.6) is 0 Å². The van der Waals surface area contributed by atoms with Crippen molar-refractivity contribution >= 4 is 11.3 Å². The Balaban J connectivity index is 2.05. The smallest absolute Gasteiger partial charge is 0.0443 e. The van der Waals surface area contributed by atoms with Crippen molar-refractivity contribution in [3.8, 4) is 0 Å². The Labute approximate surface area is 116 Å². The van der Waals surface area contributed by atoms with Crippen molar-refractivity contribution in [1.29, 1.82) is 0 Å². The Kier molecular flexibility index (Phi) is 5.25. The van der Waals surface area contributed by atoms with Gasteiger partial charge >= 0.3 is 0 Å². The van der Waals surface area contributed by atoms with Gasteiger partial charge in [0.1, 0.15) is 0 Å². The van der Waals surface area contributed by atoms with Crippen LogP contribution in [0, 0.1) is 18.8 Å². The van der Waals surface area contributed by atoms with Crippen molar-refractivity contribution in [2.24, 2.45) is 11.8 Å². The molecule has 18 heavy (non-hydrogen) atoms. The van der Waals surface area contributed by atoms with Crippen LogP contribution >= 0.6 is 11.3 Å². The van der Waals surface area contributed by atoms with Gasteiger partial charge in [-0.2, -0.15) is 0 Å². The molecule has 3 atom stereocenters. The lowest BCUT2D eigenvalue weighted by Crippen LogP contribution is -2.27. The fourth-order valence-corrected chi connectivity index (χ4v) is 4.25. The average molecular weight is 265 g/mol. The van der Waals surface area contributed by atoms with Gasteiger partial charge in [-0.25, -0.2) is 0 Å². The molecule has 3 unspecified atom stereocenters. The SMILES string of the molecule is CCCNC(c1ccc(C)s1)C1CCC(CC)C1. The second-order valence-electron chi connectivity index (χ2n) is 5.73. The maximum absolute atomic E-state index is 3.80. The van der Waals surface area contributed by atoms with E-state index in [0.717, 1.165) is 18.4 Å². The van der Waals surface area contributed by atoms with Crippen molar-refractivity contribution in [3.05, 3.63) is 21.9 Å². The average Bonchev–Trinajstić information content (AvgIpc) is 2.99. The fourth-order valence-electron chi connectivity index (χ4n) is 3.21. The highest BCUT2D eigenvalue weighted by atomic mass is 32.1. The minimum atomic E-state index is 0.611. The second-order valence-corrected chi connectivity index (χ2v) is 7.05. The van der Waals surface area contributed by atoms with E-state index >= 15 is 0 Å². The molecule has 0 aromatic carbocycles. The molecule has 1 nitrogen and oxygen atoms in total. The Morgan fingerprint density at radius 3 is 2.72 bits per heavy atom. The predicted molar refractivity (Wildman–Crippen MR) is 81.2 cm³/mol. The molecule has 1 aliphatic rings. The van der Waals surface area contributed by atoms with Gasteiger partial charge in [-0.1, -0.05) is 26.7 Å². The molecule has 0 saturated heterocycles. The van der Waals surface area contributed by atoms with Gasteiger partial charge < -0.3 is 5.32 Å². The number of nitrogens with one attached hydrogen (secondary N) is 1. The van der Waals surface area contributed by atoms with Gasteiger partial charge in [0.05, 0.1) is 0 Å². The lowest BCUT2D eigenvalue weighted by molar-refractivity contribution is 0.358. The molecule has 0 amide bonds. The van der Waals surface area contributed by atoms with Crippen LogP contribution in [-0.2, 0) is 0 Å². The van der Waals surface area contributed by atoms with Crippen LogP contribution in [0.1, 0.15) is 61.7 Å².